The second kappa shape index (κ2) is 11.6. The lowest BCUT2D eigenvalue weighted by Crippen LogP contribution is -2.54. The van der Waals surface area contributed by atoms with Crippen molar-refractivity contribution in [2.75, 3.05) is 23.9 Å². The highest BCUT2D eigenvalue weighted by atomic mass is 35.5. The summed E-state index contributed by atoms with van der Waals surface area (Å²) in [6, 6.07) is 11.8. The fraction of sp³-hybridized carbons (Fsp3) is 0.0769. The molecule has 0 aliphatic carbocycles. The molecule has 4 rings (SSSR count). The predicted octanol–water partition coefficient (Wildman–Crippen LogP) is 4.08. The molecular formula is C26H18ClFN4O8. The van der Waals surface area contributed by atoms with E-state index in [1.54, 1.807) is 6.07 Å². The van der Waals surface area contributed by atoms with E-state index in [2.05, 4.69) is 5.32 Å². The molecular weight excluding hydrogens is 551 g/mol. The summed E-state index contributed by atoms with van der Waals surface area (Å²) in [5.41, 5.74) is -0.517. The molecule has 12 nitrogen and oxygen atoms in total. The van der Waals surface area contributed by atoms with Gasteiger partial charge in [0.15, 0.2) is 18.1 Å². The molecule has 1 aliphatic heterocycles. The first kappa shape index (κ1) is 27.7. The van der Waals surface area contributed by atoms with Crippen LogP contribution in [0, 0.1) is 15.9 Å². The molecule has 0 aromatic heterocycles. The zero-order chi connectivity index (χ0) is 29.0. The van der Waals surface area contributed by atoms with Gasteiger partial charge in [0.2, 0.25) is 0 Å². The van der Waals surface area contributed by atoms with Crippen molar-refractivity contribution in [3.8, 4) is 11.5 Å². The lowest BCUT2D eigenvalue weighted by molar-refractivity contribution is -0.384. The summed E-state index contributed by atoms with van der Waals surface area (Å²) in [6.07, 6.45) is 1.16. The van der Waals surface area contributed by atoms with Crippen LogP contribution in [0.15, 0.2) is 66.2 Å². The van der Waals surface area contributed by atoms with Gasteiger partial charge in [0.25, 0.3) is 23.4 Å². The summed E-state index contributed by atoms with van der Waals surface area (Å²) in [4.78, 5) is 61.2. The molecule has 1 aliphatic rings. The van der Waals surface area contributed by atoms with Crippen LogP contribution >= 0.6 is 11.6 Å². The van der Waals surface area contributed by atoms with Gasteiger partial charge < -0.3 is 14.8 Å². The van der Waals surface area contributed by atoms with Gasteiger partial charge in [-0.15, -0.1) is 0 Å². The van der Waals surface area contributed by atoms with Gasteiger partial charge in [0, 0.05) is 12.1 Å². The maximum Gasteiger partial charge on any atom is 0.335 e. The van der Waals surface area contributed by atoms with Gasteiger partial charge in [-0.05, 0) is 48.0 Å². The maximum atomic E-state index is 13.8. The molecule has 0 bridgehead atoms. The van der Waals surface area contributed by atoms with E-state index in [-0.39, 0.29) is 39.1 Å². The van der Waals surface area contributed by atoms with Crippen molar-refractivity contribution < 1.29 is 38.0 Å². The molecule has 0 atom stereocenters. The van der Waals surface area contributed by atoms with Crippen molar-refractivity contribution in [3.05, 3.63) is 92.8 Å². The molecule has 40 heavy (non-hydrogen) atoms. The number of imide groups is 2. The van der Waals surface area contributed by atoms with Gasteiger partial charge in [0.1, 0.15) is 11.4 Å². The van der Waals surface area contributed by atoms with E-state index in [1.165, 1.54) is 49.6 Å². The third kappa shape index (κ3) is 5.89. The van der Waals surface area contributed by atoms with Gasteiger partial charge >= 0.3 is 6.03 Å². The molecule has 204 valence electrons. The van der Waals surface area contributed by atoms with Gasteiger partial charge in [-0.25, -0.2) is 14.1 Å². The summed E-state index contributed by atoms with van der Waals surface area (Å²) >= 11 is 6.33. The van der Waals surface area contributed by atoms with Crippen LogP contribution in [-0.2, 0) is 14.4 Å². The number of nitrogens with one attached hydrogen (secondary N) is 2. The number of non-ortho nitro benzene ring substituents is 1. The van der Waals surface area contributed by atoms with Crippen LogP contribution in [0.5, 0.6) is 11.5 Å². The highest BCUT2D eigenvalue weighted by Gasteiger charge is 2.37. The standard InChI is InChI=1S/C26H18ClFN4O8/c1-39-21-12-14(11-18(27)23(21)40-13-22(33)29-20-5-3-2-4-19(20)28)10-17-24(34)30-26(36)31(25(17)35)15-6-8-16(9-7-15)32(37)38/h2-12H,13H2,1H3,(H,29,33)(H,30,34,36)/b17-10-. The minimum Gasteiger partial charge on any atom is -0.493 e. The Kier molecular flexibility index (Phi) is 8.05. The van der Waals surface area contributed by atoms with Gasteiger partial charge in [0.05, 0.1) is 28.4 Å². The number of hydrogen-bond donors (Lipinski definition) is 2. The number of barbiturate groups is 1. The third-order valence-corrected chi connectivity index (χ3v) is 5.76. The second-order valence-electron chi connectivity index (χ2n) is 8.08. The van der Waals surface area contributed by atoms with E-state index >= 15 is 0 Å². The zero-order valence-electron chi connectivity index (χ0n) is 20.5. The Labute approximate surface area is 230 Å². The molecule has 1 saturated heterocycles. The van der Waals surface area contributed by atoms with Gasteiger partial charge in [-0.3, -0.25) is 29.8 Å². The molecule has 5 amide bonds. The van der Waals surface area contributed by atoms with Crippen molar-refractivity contribution in [3.63, 3.8) is 0 Å². The molecule has 0 spiro atoms. The molecule has 1 heterocycles. The van der Waals surface area contributed by atoms with Crippen LogP contribution < -0.4 is 25.0 Å². The van der Waals surface area contributed by atoms with Crippen LogP contribution in [-0.4, -0.2) is 42.4 Å². The molecule has 0 radical (unpaired) electrons. The van der Waals surface area contributed by atoms with E-state index in [1.807, 2.05) is 5.32 Å². The fourth-order valence-corrected chi connectivity index (χ4v) is 3.91. The lowest BCUT2D eigenvalue weighted by atomic mass is 10.1. The highest BCUT2D eigenvalue weighted by molar-refractivity contribution is 6.39. The lowest BCUT2D eigenvalue weighted by Gasteiger charge is -2.26. The number of urea groups is 1. The van der Waals surface area contributed by atoms with Crippen LogP contribution in [0.4, 0.5) is 26.2 Å². The Morgan fingerprint density at radius 1 is 1.15 bits per heavy atom. The van der Waals surface area contributed by atoms with E-state index < -0.39 is 46.7 Å². The number of methoxy groups -OCH3 is 1. The van der Waals surface area contributed by atoms with Crippen LogP contribution in [0.1, 0.15) is 5.56 Å². The number of carbonyl (C=O) groups excluding carboxylic acids is 4. The number of nitro groups is 1. The van der Waals surface area contributed by atoms with Gasteiger partial charge in [-0.1, -0.05) is 23.7 Å². The molecule has 14 heteroatoms. The summed E-state index contributed by atoms with van der Waals surface area (Å²) < 4.78 is 24.5. The Morgan fingerprint density at radius 3 is 2.50 bits per heavy atom. The minimum absolute atomic E-state index is 0.000443. The normalized spacial score (nSPS) is 14.1. The van der Waals surface area contributed by atoms with Crippen molar-refractivity contribution in [2.24, 2.45) is 0 Å². The largest absolute Gasteiger partial charge is 0.493 e. The van der Waals surface area contributed by atoms with E-state index in [0.717, 1.165) is 18.2 Å². The molecule has 3 aromatic rings. The number of hydrogen-bond acceptors (Lipinski definition) is 8. The average Bonchev–Trinajstić information content (AvgIpc) is 2.91. The van der Waals surface area contributed by atoms with Crippen molar-refractivity contribution in [1.82, 2.24) is 5.32 Å². The zero-order valence-corrected chi connectivity index (χ0v) is 21.2. The van der Waals surface area contributed by atoms with Crippen LogP contribution in [0.3, 0.4) is 0 Å². The minimum atomic E-state index is -1.03. The van der Waals surface area contributed by atoms with Gasteiger partial charge in [-0.2, -0.15) is 0 Å². The Hall–Kier alpha value is -5.30. The van der Waals surface area contributed by atoms with Crippen LogP contribution in [0.25, 0.3) is 6.08 Å². The fourth-order valence-electron chi connectivity index (χ4n) is 3.63. The number of para-hydroxylation sites is 1. The number of rotatable bonds is 8. The molecule has 2 N–H and O–H groups in total. The molecule has 0 unspecified atom stereocenters. The first-order chi connectivity index (χ1) is 19.1. The monoisotopic (exact) mass is 568 g/mol. The smallest absolute Gasteiger partial charge is 0.335 e. The van der Waals surface area contributed by atoms with E-state index in [9.17, 15) is 33.7 Å². The molecule has 1 fully saturated rings. The number of nitrogens with zero attached hydrogens (tertiary/aromatic N) is 2. The topological polar surface area (TPSA) is 157 Å². The quantitative estimate of drug-likeness (QED) is 0.178. The SMILES string of the molecule is COc1cc(/C=C2/C(=O)NC(=O)N(c3ccc([N+](=O)[O-])cc3)C2=O)cc(Cl)c1OCC(=O)Nc1ccccc1F. The first-order valence-corrected chi connectivity index (χ1v) is 11.7. The Morgan fingerprint density at radius 2 is 1.85 bits per heavy atom. The van der Waals surface area contributed by atoms with Crippen LogP contribution in [0.2, 0.25) is 5.02 Å². The number of anilines is 2. The van der Waals surface area contributed by atoms with E-state index in [4.69, 9.17) is 21.1 Å². The summed E-state index contributed by atoms with van der Waals surface area (Å²) in [6.45, 7) is -0.544. The molecule has 3 aromatic carbocycles. The summed E-state index contributed by atoms with van der Waals surface area (Å²) in [5.74, 6) is -3.24. The van der Waals surface area contributed by atoms with Crippen molar-refractivity contribution in [2.45, 2.75) is 0 Å². The number of ether oxygens (including phenoxy) is 2. The summed E-state index contributed by atoms with van der Waals surface area (Å²) in [7, 11) is 1.29. The molecule has 0 saturated carbocycles. The van der Waals surface area contributed by atoms with Crippen molar-refractivity contribution in [1.29, 1.82) is 0 Å². The second-order valence-corrected chi connectivity index (χ2v) is 8.49. The number of amides is 5. The number of carbonyl (C=O) groups is 4. The average molecular weight is 569 g/mol. The van der Waals surface area contributed by atoms with Crippen molar-refractivity contribution >= 4 is 58.5 Å². The first-order valence-electron chi connectivity index (χ1n) is 11.3. The number of nitro benzene ring substituents is 1. The summed E-state index contributed by atoms with van der Waals surface area (Å²) in [5, 5.41) is 15.3. The maximum absolute atomic E-state index is 13.8. The van der Waals surface area contributed by atoms with E-state index in [0.29, 0.717) is 4.90 Å². The number of benzene rings is 3. The highest BCUT2D eigenvalue weighted by Crippen LogP contribution is 2.37. The third-order valence-electron chi connectivity index (χ3n) is 5.48. The number of halogens is 2. The predicted molar refractivity (Wildman–Crippen MR) is 141 cm³/mol. The Bertz CT molecular complexity index is 1580. The Balaban J connectivity index is 1.56.